The van der Waals surface area contributed by atoms with Gasteiger partial charge in [-0.2, -0.15) is 10.5 Å². The van der Waals surface area contributed by atoms with E-state index < -0.39 is 0 Å². The molecule has 1 atom stereocenters. The Balaban J connectivity index is 1.17. The van der Waals surface area contributed by atoms with Gasteiger partial charge in [-0.15, -0.1) is 11.8 Å². The third-order valence-corrected chi connectivity index (χ3v) is 6.54. The van der Waals surface area contributed by atoms with Crippen LogP contribution in [0.15, 0.2) is 23.0 Å². The first kappa shape index (κ1) is 20.5. The molecule has 4 heterocycles. The highest BCUT2D eigenvalue weighted by atomic mass is 32.2. The van der Waals surface area contributed by atoms with E-state index in [4.69, 9.17) is 15.2 Å². The Hall–Kier alpha value is -2.73. The molecule has 0 aromatic carbocycles. The van der Waals surface area contributed by atoms with Crippen molar-refractivity contribution < 1.29 is 9.42 Å². The first-order valence-electron chi connectivity index (χ1n) is 10.0. The molecular weight excluding hydrogens is 404 g/mol. The fourth-order valence-electron chi connectivity index (χ4n) is 3.72. The van der Waals surface area contributed by atoms with Crippen LogP contribution in [0.3, 0.4) is 0 Å². The van der Waals surface area contributed by atoms with Crippen LogP contribution in [0.25, 0.3) is 0 Å². The van der Waals surface area contributed by atoms with Crippen LogP contribution >= 0.6 is 11.8 Å². The van der Waals surface area contributed by atoms with E-state index >= 15 is 0 Å². The molecule has 10 nitrogen and oxygen atoms in total. The molecule has 1 unspecified atom stereocenters. The number of hydrogen-bond acceptors (Lipinski definition) is 8. The van der Waals surface area contributed by atoms with Crippen molar-refractivity contribution in [2.45, 2.75) is 31.5 Å². The minimum Gasteiger partial charge on any atom is -0.310 e. The normalized spacial score (nSPS) is 20.8. The smallest absolute Gasteiger partial charge is 0.239 e. The number of likely N-dealkylation sites (tertiary alicyclic amines) is 1. The van der Waals surface area contributed by atoms with Gasteiger partial charge in [-0.25, -0.2) is 4.98 Å². The number of rotatable bonds is 7. The molecule has 0 radical (unpaired) electrons. The quantitative estimate of drug-likeness (QED) is 0.701. The second-order valence-electron chi connectivity index (χ2n) is 7.52. The summed E-state index contributed by atoms with van der Waals surface area (Å²) in [6.45, 7) is 3.56. The molecule has 2 aliphatic rings. The molecule has 1 amide bonds. The van der Waals surface area contributed by atoms with Crippen molar-refractivity contribution in [1.82, 2.24) is 24.5 Å². The average molecular weight is 429 g/mol. The van der Waals surface area contributed by atoms with Crippen molar-refractivity contribution in [2.75, 3.05) is 43.1 Å². The minimum atomic E-state index is -0.106. The van der Waals surface area contributed by atoms with Crippen molar-refractivity contribution in [3.05, 3.63) is 23.9 Å². The molecule has 4 rings (SSSR count). The Morgan fingerprint density at radius 3 is 2.83 bits per heavy atom. The highest BCUT2D eigenvalue weighted by Crippen LogP contribution is 2.25. The Labute approximate surface area is 178 Å². The number of thioether (sulfide) groups is 1. The zero-order valence-corrected chi connectivity index (χ0v) is 17.4. The Morgan fingerprint density at radius 1 is 1.30 bits per heavy atom. The number of nitriles is 2. The standard InChI is InChI=1S/C19H24N8O2S/c20-9-15-1-2-18(22-11-15)23-19(28)12-24-5-3-16(4-6-24)27-26(29-27)8-7-25-14-30-13-17(25)10-21/h1-2,11,16-17H,3-8,12-14H2,(H,22,23,28). The first-order valence-corrected chi connectivity index (χ1v) is 11.2. The second kappa shape index (κ2) is 9.39. The van der Waals surface area contributed by atoms with Gasteiger partial charge in [0, 0.05) is 37.5 Å². The zero-order chi connectivity index (χ0) is 20.9. The fourth-order valence-corrected chi connectivity index (χ4v) is 4.87. The van der Waals surface area contributed by atoms with Crippen LogP contribution in [-0.2, 0) is 11.3 Å². The molecule has 2 fully saturated rings. The van der Waals surface area contributed by atoms with Crippen LogP contribution in [0.4, 0.5) is 5.82 Å². The molecule has 0 aliphatic carbocycles. The van der Waals surface area contributed by atoms with Gasteiger partial charge < -0.3 is 5.32 Å². The highest BCUT2D eigenvalue weighted by molar-refractivity contribution is 7.99. The molecule has 11 heteroatoms. The molecule has 2 aliphatic heterocycles. The Kier molecular flexibility index (Phi) is 6.43. The summed E-state index contributed by atoms with van der Waals surface area (Å²) in [6, 6.07) is 7.95. The van der Waals surface area contributed by atoms with Gasteiger partial charge >= 0.3 is 0 Å². The van der Waals surface area contributed by atoms with Crippen LogP contribution in [0, 0.1) is 22.7 Å². The number of aromatic nitrogens is 3. The summed E-state index contributed by atoms with van der Waals surface area (Å²) in [5, 5.41) is 20.7. The summed E-state index contributed by atoms with van der Waals surface area (Å²) in [6.07, 6.45) is 3.30. The van der Waals surface area contributed by atoms with Crippen LogP contribution in [0.1, 0.15) is 24.4 Å². The van der Waals surface area contributed by atoms with E-state index in [9.17, 15) is 4.79 Å². The molecule has 0 bridgehead atoms. The molecule has 0 spiro atoms. The summed E-state index contributed by atoms with van der Waals surface area (Å²) in [5.74, 6) is 2.14. The SMILES string of the molecule is N#Cc1ccc(NC(=O)CN2CCC(n3on3CCN3CSCC3C#N)CC2)nc1. The van der Waals surface area contributed by atoms with Gasteiger partial charge in [0.15, 0.2) is 0 Å². The van der Waals surface area contributed by atoms with Crippen LogP contribution in [0.5, 0.6) is 0 Å². The van der Waals surface area contributed by atoms with Gasteiger partial charge in [-0.1, -0.05) is 9.71 Å². The maximum atomic E-state index is 12.2. The monoisotopic (exact) mass is 428 g/mol. The molecule has 2 aromatic rings. The predicted octanol–water partition coefficient (Wildman–Crippen LogP) is 1.32. The van der Waals surface area contributed by atoms with E-state index in [0.717, 1.165) is 50.7 Å². The van der Waals surface area contributed by atoms with Crippen molar-refractivity contribution in [1.29, 1.82) is 10.5 Å². The summed E-state index contributed by atoms with van der Waals surface area (Å²) in [5.41, 5.74) is 0.464. The maximum Gasteiger partial charge on any atom is 0.239 e. The average Bonchev–Trinajstić information content (AvgIpc) is 3.40. The lowest BCUT2D eigenvalue weighted by Gasteiger charge is -2.29. The number of pyridine rings is 1. The predicted molar refractivity (Wildman–Crippen MR) is 110 cm³/mol. The molecule has 2 aromatic heterocycles. The van der Waals surface area contributed by atoms with Crippen molar-refractivity contribution in [3.8, 4) is 12.1 Å². The van der Waals surface area contributed by atoms with Crippen molar-refractivity contribution >= 4 is 23.5 Å². The van der Waals surface area contributed by atoms with Crippen molar-refractivity contribution in [3.63, 3.8) is 0 Å². The highest BCUT2D eigenvalue weighted by Gasteiger charge is 2.30. The van der Waals surface area contributed by atoms with E-state index in [-0.39, 0.29) is 11.9 Å². The van der Waals surface area contributed by atoms with E-state index in [2.05, 4.69) is 26.2 Å². The second-order valence-corrected chi connectivity index (χ2v) is 8.52. The summed E-state index contributed by atoms with van der Waals surface area (Å²) in [4.78, 5) is 24.4. The molecule has 158 valence electrons. The van der Waals surface area contributed by atoms with Crippen LogP contribution in [0.2, 0.25) is 0 Å². The van der Waals surface area contributed by atoms with Gasteiger partial charge in [0.05, 0.1) is 30.8 Å². The summed E-state index contributed by atoms with van der Waals surface area (Å²) in [7, 11) is 0. The number of piperidine rings is 1. The molecule has 30 heavy (non-hydrogen) atoms. The number of nitrogens with one attached hydrogen (secondary N) is 1. The third-order valence-electron chi connectivity index (χ3n) is 5.47. The third kappa shape index (κ3) is 5.05. The summed E-state index contributed by atoms with van der Waals surface area (Å²) >= 11 is 1.80. The zero-order valence-electron chi connectivity index (χ0n) is 16.6. The van der Waals surface area contributed by atoms with Crippen LogP contribution in [-0.4, -0.2) is 74.3 Å². The van der Waals surface area contributed by atoms with Crippen molar-refractivity contribution in [2.24, 2.45) is 0 Å². The number of carbonyl (C=O) groups is 1. The number of anilines is 1. The number of hydrogen-bond donors (Lipinski definition) is 1. The summed E-state index contributed by atoms with van der Waals surface area (Å²) < 4.78 is 5.62. The van der Waals surface area contributed by atoms with Gasteiger partial charge in [-0.05, 0) is 25.0 Å². The molecule has 2 saturated heterocycles. The lowest BCUT2D eigenvalue weighted by atomic mass is 10.1. The van der Waals surface area contributed by atoms with Gasteiger partial charge in [0.2, 0.25) is 5.91 Å². The topological polar surface area (TPSA) is 119 Å². The van der Waals surface area contributed by atoms with E-state index in [1.807, 2.05) is 15.8 Å². The Morgan fingerprint density at radius 2 is 2.13 bits per heavy atom. The van der Waals surface area contributed by atoms with E-state index in [1.54, 1.807) is 23.9 Å². The maximum absolute atomic E-state index is 12.2. The largest absolute Gasteiger partial charge is 0.310 e. The van der Waals surface area contributed by atoms with Crippen LogP contribution < -0.4 is 5.32 Å². The van der Waals surface area contributed by atoms with E-state index in [0.29, 0.717) is 24.0 Å². The first-order chi connectivity index (χ1) is 14.7. The van der Waals surface area contributed by atoms with Gasteiger partial charge in [0.1, 0.15) is 17.9 Å². The van der Waals surface area contributed by atoms with Gasteiger partial charge in [0.25, 0.3) is 0 Å². The lowest BCUT2D eigenvalue weighted by Crippen LogP contribution is -2.39. The number of nitrogens with zero attached hydrogens (tertiary/aromatic N) is 7. The minimum absolute atomic E-state index is 0.0114. The molecule has 0 saturated carbocycles. The fraction of sp³-hybridized carbons (Fsp3) is 0.579. The van der Waals surface area contributed by atoms with E-state index in [1.165, 1.54) is 6.20 Å². The number of amides is 1. The molecular formula is C19H24N8O2S. The Bertz CT molecular complexity index is 926. The number of carbonyl (C=O) groups excluding carboxylic acids is 1. The lowest BCUT2D eigenvalue weighted by molar-refractivity contribution is -0.117. The van der Waals surface area contributed by atoms with Gasteiger partial charge in [-0.3, -0.25) is 19.2 Å². The molecule has 1 N–H and O–H groups in total.